The molecule has 0 saturated carbocycles. The predicted molar refractivity (Wildman–Crippen MR) is 144 cm³/mol. The van der Waals surface area contributed by atoms with Gasteiger partial charge in [0.15, 0.2) is 5.13 Å². The number of nitrogens with two attached hydrogens (primary N) is 1. The fourth-order valence-electron chi connectivity index (χ4n) is 3.78. The molecule has 9 heteroatoms. The predicted octanol–water partition coefficient (Wildman–Crippen LogP) is 4.85. The molecule has 1 fully saturated rings. The summed E-state index contributed by atoms with van der Waals surface area (Å²) in [6.07, 6.45) is 2.24. The third kappa shape index (κ3) is 7.53. The lowest BCUT2D eigenvalue weighted by molar-refractivity contribution is -0.138. The zero-order valence-electron chi connectivity index (χ0n) is 21.2. The number of ether oxygens (including phenoxy) is 2. The SMILES string of the molecule is CC(C)(C)OC=O.CNCC1CCCN1c1nc(-c2ccc(Oc3ccccc3)cc2)c(C(N)=O)s1. The van der Waals surface area contributed by atoms with Crippen molar-refractivity contribution >= 4 is 28.8 Å². The second-order valence-electron chi connectivity index (χ2n) is 9.35. The lowest BCUT2D eigenvalue weighted by atomic mass is 10.1. The summed E-state index contributed by atoms with van der Waals surface area (Å²) in [6.45, 7) is 7.76. The number of carbonyl (C=O) groups is 2. The number of nitrogens with zero attached hydrogens (tertiary/aromatic N) is 2. The van der Waals surface area contributed by atoms with Crippen LogP contribution in [0.4, 0.5) is 5.13 Å². The highest BCUT2D eigenvalue weighted by molar-refractivity contribution is 7.18. The van der Waals surface area contributed by atoms with E-state index in [0.29, 0.717) is 23.1 Å². The fourth-order valence-corrected chi connectivity index (χ4v) is 4.82. The molecule has 2 heterocycles. The summed E-state index contributed by atoms with van der Waals surface area (Å²) in [4.78, 5) is 29.3. The van der Waals surface area contributed by atoms with Gasteiger partial charge in [-0.15, -0.1) is 0 Å². The summed E-state index contributed by atoms with van der Waals surface area (Å²) in [5.74, 6) is 1.06. The Morgan fingerprint density at radius 2 is 1.83 bits per heavy atom. The third-order valence-electron chi connectivity index (χ3n) is 5.41. The van der Waals surface area contributed by atoms with Crippen LogP contribution < -0.4 is 20.7 Å². The minimum atomic E-state index is -0.447. The number of nitrogens with one attached hydrogen (secondary N) is 1. The first-order valence-electron chi connectivity index (χ1n) is 11.9. The normalized spacial score (nSPS) is 15.1. The van der Waals surface area contributed by atoms with Crippen molar-refractivity contribution in [2.24, 2.45) is 5.73 Å². The van der Waals surface area contributed by atoms with Crippen molar-refractivity contribution in [3.63, 3.8) is 0 Å². The Labute approximate surface area is 216 Å². The first-order valence-corrected chi connectivity index (χ1v) is 12.7. The quantitative estimate of drug-likeness (QED) is 0.417. The van der Waals surface area contributed by atoms with E-state index in [0.717, 1.165) is 48.1 Å². The molecule has 2 aromatic carbocycles. The van der Waals surface area contributed by atoms with Crippen molar-refractivity contribution in [3.05, 3.63) is 59.5 Å². The van der Waals surface area contributed by atoms with E-state index in [1.54, 1.807) is 0 Å². The zero-order valence-corrected chi connectivity index (χ0v) is 22.0. The maximum Gasteiger partial charge on any atom is 0.293 e. The molecule has 1 aromatic heterocycles. The molecule has 0 bridgehead atoms. The first-order chi connectivity index (χ1) is 17.2. The lowest BCUT2D eigenvalue weighted by Crippen LogP contribution is -2.36. The van der Waals surface area contributed by atoms with Crippen LogP contribution in [0.3, 0.4) is 0 Å². The van der Waals surface area contributed by atoms with E-state index >= 15 is 0 Å². The van der Waals surface area contributed by atoms with Gasteiger partial charge in [0.1, 0.15) is 22.0 Å². The molecule has 4 rings (SSSR count). The minimum Gasteiger partial charge on any atom is -0.462 e. The Balaban J connectivity index is 0.000000454. The number of rotatable bonds is 8. The van der Waals surface area contributed by atoms with E-state index in [4.69, 9.17) is 15.5 Å². The van der Waals surface area contributed by atoms with Crippen molar-refractivity contribution in [1.29, 1.82) is 0 Å². The van der Waals surface area contributed by atoms with Crippen LogP contribution in [0.2, 0.25) is 0 Å². The van der Waals surface area contributed by atoms with E-state index in [2.05, 4.69) is 15.0 Å². The minimum absolute atomic E-state index is 0.318. The molecule has 1 aliphatic rings. The van der Waals surface area contributed by atoms with Crippen LogP contribution >= 0.6 is 11.3 Å². The number of aromatic nitrogens is 1. The van der Waals surface area contributed by atoms with Crippen LogP contribution in [0, 0.1) is 0 Å². The van der Waals surface area contributed by atoms with Gasteiger partial charge < -0.3 is 25.4 Å². The van der Waals surface area contributed by atoms with E-state index < -0.39 is 5.91 Å². The van der Waals surface area contributed by atoms with Gasteiger partial charge in [0.05, 0.1) is 5.69 Å². The van der Waals surface area contributed by atoms with Crippen LogP contribution in [0.25, 0.3) is 11.3 Å². The van der Waals surface area contributed by atoms with E-state index in [-0.39, 0.29) is 5.60 Å². The van der Waals surface area contributed by atoms with Gasteiger partial charge in [0.2, 0.25) is 0 Å². The van der Waals surface area contributed by atoms with Crippen LogP contribution in [0.1, 0.15) is 43.3 Å². The molecule has 3 aromatic rings. The highest BCUT2D eigenvalue weighted by Gasteiger charge is 2.28. The van der Waals surface area contributed by atoms with Gasteiger partial charge in [0.25, 0.3) is 12.4 Å². The van der Waals surface area contributed by atoms with Crippen molar-refractivity contribution in [3.8, 4) is 22.8 Å². The number of thiazole rings is 1. The summed E-state index contributed by atoms with van der Waals surface area (Å²) < 4.78 is 10.4. The molecule has 192 valence electrons. The van der Waals surface area contributed by atoms with Gasteiger partial charge >= 0.3 is 0 Å². The van der Waals surface area contributed by atoms with Crippen LogP contribution in [0.5, 0.6) is 11.5 Å². The molecule has 8 nitrogen and oxygen atoms in total. The van der Waals surface area contributed by atoms with E-state index in [1.165, 1.54) is 11.3 Å². The molecule has 0 spiro atoms. The standard InChI is InChI=1S/C22H24N4O2S.C5H10O2/c1-24-14-16-6-5-13-26(16)22-25-19(20(29-22)21(23)27)15-9-11-18(12-10-15)28-17-7-3-2-4-8-17;1-5(2,3)7-4-6/h2-4,7-12,16,24H,5-6,13-14H2,1H3,(H2,23,27);4H,1-3H3. The molecular weight excluding hydrogens is 476 g/mol. The summed E-state index contributed by atoms with van der Waals surface area (Å²) in [5, 5.41) is 4.10. The Morgan fingerprint density at radius 3 is 2.39 bits per heavy atom. The molecular formula is C27H34N4O4S. The monoisotopic (exact) mass is 510 g/mol. The van der Waals surface area contributed by atoms with Crippen molar-refractivity contribution in [1.82, 2.24) is 10.3 Å². The van der Waals surface area contributed by atoms with Gasteiger partial charge in [-0.25, -0.2) is 4.98 Å². The van der Waals surface area contributed by atoms with Crippen molar-refractivity contribution in [2.75, 3.05) is 25.0 Å². The summed E-state index contributed by atoms with van der Waals surface area (Å²) in [5.41, 5.74) is 6.84. The summed E-state index contributed by atoms with van der Waals surface area (Å²) in [7, 11) is 1.96. The van der Waals surface area contributed by atoms with Gasteiger partial charge in [-0.1, -0.05) is 29.5 Å². The topological polar surface area (TPSA) is 107 Å². The Morgan fingerprint density at radius 1 is 1.17 bits per heavy atom. The van der Waals surface area contributed by atoms with Crippen molar-refractivity contribution < 1.29 is 19.1 Å². The molecule has 36 heavy (non-hydrogen) atoms. The molecule has 1 aliphatic heterocycles. The highest BCUT2D eigenvalue weighted by atomic mass is 32.1. The van der Waals surface area contributed by atoms with Crippen molar-refractivity contribution in [2.45, 2.75) is 45.3 Å². The second-order valence-corrected chi connectivity index (χ2v) is 10.3. The zero-order chi connectivity index (χ0) is 26.1. The summed E-state index contributed by atoms with van der Waals surface area (Å²) in [6, 6.07) is 17.6. The van der Waals surface area contributed by atoms with Crippen LogP contribution in [-0.2, 0) is 9.53 Å². The number of benzene rings is 2. The Hall–Kier alpha value is -3.43. The number of anilines is 1. The molecule has 1 amide bonds. The van der Waals surface area contributed by atoms with Gasteiger partial charge in [0, 0.05) is 24.7 Å². The molecule has 1 saturated heterocycles. The van der Waals surface area contributed by atoms with Crippen LogP contribution in [-0.4, -0.2) is 49.1 Å². The van der Waals surface area contributed by atoms with Gasteiger partial charge in [-0.05, 0) is 77.1 Å². The molecule has 1 atom stereocenters. The fraction of sp³-hybridized carbons (Fsp3) is 0.370. The summed E-state index contributed by atoms with van der Waals surface area (Å²) >= 11 is 1.38. The molecule has 3 N–H and O–H groups in total. The number of carbonyl (C=O) groups excluding carboxylic acids is 2. The van der Waals surface area contributed by atoms with Gasteiger partial charge in [-0.2, -0.15) is 0 Å². The number of primary amides is 1. The Bertz CT molecular complexity index is 1130. The molecule has 1 unspecified atom stereocenters. The number of amides is 1. The number of likely N-dealkylation sites (N-methyl/N-ethyl adjacent to an activating group) is 1. The third-order valence-corrected chi connectivity index (χ3v) is 6.52. The maximum absolute atomic E-state index is 12.1. The maximum atomic E-state index is 12.1. The molecule has 0 aliphatic carbocycles. The smallest absolute Gasteiger partial charge is 0.293 e. The second kappa shape index (κ2) is 12.5. The van der Waals surface area contributed by atoms with Crippen LogP contribution in [0.15, 0.2) is 54.6 Å². The lowest BCUT2D eigenvalue weighted by Gasteiger charge is -2.23. The number of hydrogen-bond donors (Lipinski definition) is 2. The average Bonchev–Trinajstić information content (AvgIpc) is 3.47. The molecule has 0 radical (unpaired) electrons. The van der Waals surface area contributed by atoms with Gasteiger partial charge in [-0.3, -0.25) is 9.59 Å². The van der Waals surface area contributed by atoms with E-state index in [9.17, 15) is 9.59 Å². The van der Waals surface area contributed by atoms with E-state index in [1.807, 2.05) is 82.4 Å². The highest BCUT2D eigenvalue weighted by Crippen LogP contribution is 2.36. The average molecular weight is 511 g/mol. The first kappa shape index (κ1) is 27.2. The number of para-hydroxylation sites is 1. The Kier molecular flexibility index (Phi) is 9.44. The number of hydrogen-bond acceptors (Lipinski definition) is 8. The largest absolute Gasteiger partial charge is 0.462 e.